The molecule has 1 heteroatoms. The van der Waals surface area contributed by atoms with Gasteiger partial charge in [-0.1, -0.05) is 32.4 Å². The lowest BCUT2D eigenvalue weighted by Crippen LogP contribution is -2.24. The van der Waals surface area contributed by atoms with Gasteiger partial charge in [0.1, 0.15) is 0 Å². The van der Waals surface area contributed by atoms with E-state index in [1.165, 1.54) is 12.8 Å². The first kappa shape index (κ1) is 10.7. The van der Waals surface area contributed by atoms with Crippen molar-refractivity contribution in [1.29, 1.82) is 0 Å². The summed E-state index contributed by atoms with van der Waals surface area (Å²) in [6.07, 6.45) is 8.03. The first-order valence-electron chi connectivity index (χ1n) is 4.64. The van der Waals surface area contributed by atoms with Gasteiger partial charge in [0.15, 0.2) is 0 Å². The Morgan fingerprint density at radius 2 is 2.00 bits per heavy atom. The van der Waals surface area contributed by atoms with Crippen molar-refractivity contribution in [2.75, 3.05) is 0 Å². The van der Waals surface area contributed by atoms with Crippen molar-refractivity contribution in [2.24, 2.45) is 11.7 Å². The summed E-state index contributed by atoms with van der Waals surface area (Å²) in [4.78, 5) is 0. The van der Waals surface area contributed by atoms with Crippen molar-refractivity contribution in [3.63, 3.8) is 0 Å². The number of hydrogen-bond donors (Lipinski definition) is 1. The summed E-state index contributed by atoms with van der Waals surface area (Å²) in [7, 11) is 0. The summed E-state index contributed by atoms with van der Waals surface area (Å²) in [6, 6.07) is 0.303. The normalized spacial score (nSPS) is 17.1. The van der Waals surface area contributed by atoms with Crippen LogP contribution in [0.5, 0.6) is 0 Å². The quantitative estimate of drug-likeness (QED) is 0.607. The smallest absolute Gasteiger partial charge is 0.00733 e. The summed E-state index contributed by atoms with van der Waals surface area (Å²) in [5.41, 5.74) is 5.81. The highest BCUT2D eigenvalue weighted by molar-refractivity contribution is 4.91. The van der Waals surface area contributed by atoms with Gasteiger partial charge < -0.3 is 5.73 Å². The maximum atomic E-state index is 5.81. The highest BCUT2D eigenvalue weighted by Gasteiger charge is 2.07. The molecule has 0 heterocycles. The summed E-state index contributed by atoms with van der Waals surface area (Å²) in [5, 5.41) is 0. The SMILES string of the molecule is CCC=CC(CCC)C(C)N. The molecule has 0 spiro atoms. The Morgan fingerprint density at radius 1 is 1.36 bits per heavy atom. The molecule has 0 saturated carbocycles. The minimum Gasteiger partial charge on any atom is -0.327 e. The Labute approximate surface area is 70.7 Å². The second-order valence-corrected chi connectivity index (χ2v) is 3.15. The van der Waals surface area contributed by atoms with Crippen LogP contribution in [0.4, 0.5) is 0 Å². The van der Waals surface area contributed by atoms with E-state index in [1.807, 2.05) is 0 Å². The fourth-order valence-electron chi connectivity index (χ4n) is 1.18. The zero-order chi connectivity index (χ0) is 8.69. The van der Waals surface area contributed by atoms with Crippen molar-refractivity contribution in [1.82, 2.24) is 0 Å². The fourth-order valence-corrected chi connectivity index (χ4v) is 1.18. The largest absolute Gasteiger partial charge is 0.327 e. The van der Waals surface area contributed by atoms with Crippen LogP contribution in [0.2, 0.25) is 0 Å². The van der Waals surface area contributed by atoms with E-state index in [-0.39, 0.29) is 0 Å². The van der Waals surface area contributed by atoms with Crippen molar-refractivity contribution in [2.45, 2.75) is 46.1 Å². The van der Waals surface area contributed by atoms with Crippen LogP contribution in [0, 0.1) is 5.92 Å². The van der Waals surface area contributed by atoms with Gasteiger partial charge >= 0.3 is 0 Å². The van der Waals surface area contributed by atoms with E-state index in [2.05, 4.69) is 32.9 Å². The van der Waals surface area contributed by atoms with E-state index in [9.17, 15) is 0 Å². The van der Waals surface area contributed by atoms with E-state index >= 15 is 0 Å². The molecule has 0 saturated heterocycles. The van der Waals surface area contributed by atoms with Gasteiger partial charge in [-0.15, -0.1) is 0 Å². The van der Waals surface area contributed by atoms with Crippen molar-refractivity contribution in [3.8, 4) is 0 Å². The van der Waals surface area contributed by atoms with Crippen molar-refractivity contribution >= 4 is 0 Å². The molecule has 11 heavy (non-hydrogen) atoms. The minimum atomic E-state index is 0.303. The molecule has 0 aromatic carbocycles. The molecule has 2 N–H and O–H groups in total. The van der Waals surface area contributed by atoms with Gasteiger partial charge in [0.25, 0.3) is 0 Å². The maximum Gasteiger partial charge on any atom is 0.00733 e. The second-order valence-electron chi connectivity index (χ2n) is 3.15. The Kier molecular flexibility index (Phi) is 6.24. The molecule has 0 radical (unpaired) electrons. The van der Waals surface area contributed by atoms with Gasteiger partial charge in [-0.2, -0.15) is 0 Å². The standard InChI is InChI=1S/C10H21N/c1-4-6-8-10(7-5-2)9(3)11/h6,8-10H,4-5,7,11H2,1-3H3. The first-order valence-corrected chi connectivity index (χ1v) is 4.64. The number of nitrogens with two attached hydrogens (primary N) is 1. The molecule has 2 unspecified atom stereocenters. The zero-order valence-electron chi connectivity index (χ0n) is 8.01. The third kappa shape index (κ3) is 5.02. The molecular formula is C10H21N. The average molecular weight is 155 g/mol. The van der Waals surface area contributed by atoms with E-state index in [1.54, 1.807) is 0 Å². The van der Waals surface area contributed by atoms with E-state index in [0.717, 1.165) is 6.42 Å². The summed E-state index contributed by atoms with van der Waals surface area (Å²) >= 11 is 0. The average Bonchev–Trinajstić information content (AvgIpc) is 1.97. The lowest BCUT2D eigenvalue weighted by molar-refractivity contribution is 0.491. The Balaban J connectivity index is 3.78. The third-order valence-electron chi connectivity index (χ3n) is 1.92. The summed E-state index contributed by atoms with van der Waals surface area (Å²) in [5.74, 6) is 0.583. The van der Waals surface area contributed by atoms with E-state index in [0.29, 0.717) is 12.0 Å². The monoisotopic (exact) mass is 155 g/mol. The Bertz CT molecular complexity index is 105. The molecule has 0 aromatic heterocycles. The van der Waals surface area contributed by atoms with Crippen LogP contribution in [0.3, 0.4) is 0 Å². The third-order valence-corrected chi connectivity index (χ3v) is 1.92. The van der Waals surface area contributed by atoms with Gasteiger partial charge in [0.2, 0.25) is 0 Å². The molecule has 0 fully saturated rings. The van der Waals surface area contributed by atoms with Gasteiger partial charge in [-0.05, 0) is 25.7 Å². The van der Waals surface area contributed by atoms with Crippen LogP contribution in [0.15, 0.2) is 12.2 Å². The molecule has 0 bridgehead atoms. The van der Waals surface area contributed by atoms with E-state index < -0.39 is 0 Å². The zero-order valence-corrected chi connectivity index (χ0v) is 8.01. The Hall–Kier alpha value is -0.300. The van der Waals surface area contributed by atoms with Crippen LogP contribution in [-0.2, 0) is 0 Å². The van der Waals surface area contributed by atoms with Gasteiger partial charge in [-0.3, -0.25) is 0 Å². The first-order chi connectivity index (χ1) is 5.22. The van der Waals surface area contributed by atoms with Crippen LogP contribution >= 0.6 is 0 Å². The Morgan fingerprint density at radius 3 is 2.36 bits per heavy atom. The number of hydrogen-bond acceptors (Lipinski definition) is 1. The van der Waals surface area contributed by atoms with Gasteiger partial charge in [0.05, 0.1) is 0 Å². The van der Waals surface area contributed by atoms with Gasteiger partial charge in [-0.25, -0.2) is 0 Å². The predicted molar refractivity (Wildman–Crippen MR) is 51.5 cm³/mol. The van der Waals surface area contributed by atoms with Gasteiger partial charge in [0, 0.05) is 6.04 Å². The number of rotatable bonds is 5. The van der Waals surface area contributed by atoms with Crippen molar-refractivity contribution < 1.29 is 0 Å². The predicted octanol–water partition coefficient (Wildman–Crippen LogP) is 2.72. The molecular weight excluding hydrogens is 134 g/mol. The molecule has 0 aliphatic heterocycles. The highest BCUT2D eigenvalue weighted by Crippen LogP contribution is 2.11. The van der Waals surface area contributed by atoms with Crippen LogP contribution in [-0.4, -0.2) is 6.04 Å². The fraction of sp³-hybridized carbons (Fsp3) is 0.800. The molecule has 0 aromatic rings. The lowest BCUT2D eigenvalue weighted by atomic mass is 9.96. The molecule has 0 aliphatic rings. The molecule has 0 amide bonds. The summed E-state index contributed by atoms with van der Waals surface area (Å²) < 4.78 is 0. The van der Waals surface area contributed by atoms with Crippen LogP contribution in [0.25, 0.3) is 0 Å². The lowest BCUT2D eigenvalue weighted by Gasteiger charge is -2.15. The topological polar surface area (TPSA) is 26.0 Å². The molecule has 1 nitrogen and oxygen atoms in total. The minimum absolute atomic E-state index is 0.303. The summed E-state index contributed by atoms with van der Waals surface area (Å²) in [6.45, 7) is 6.44. The van der Waals surface area contributed by atoms with Crippen LogP contribution in [0.1, 0.15) is 40.0 Å². The van der Waals surface area contributed by atoms with E-state index in [4.69, 9.17) is 5.73 Å². The maximum absolute atomic E-state index is 5.81. The van der Waals surface area contributed by atoms with Crippen molar-refractivity contribution in [3.05, 3.63) is 12.2 Å². The molecule has 2 atom stereocenters. The second kappa shape index (κ2) is 6.41. The number of allylic oxidation sites excluding steroid dienone is 1. The molecule has 66 valence electrons. The van der Waals surface area contributed by atoms with Crippen LogP contribution < -0.4 is 5.73 Å². The molecule has 0 rings (SSSR count). The highest BCUT2D eigenvalue weighted by atomic mass is 14.6. The molecule has 0 aliphatic carbocycles.